The molecule has 2 aromatic rings. The van der Waals surface area contributed by atoms with Gasteiger partial charge in [0.2, 0.25) is 0 Å². The van der Waals surface area contributed by atoms with Crippen LogP contribution in [0, 0.1) is 0 Å². The lowest BCUT2D eigenvalue weighted by atomic mass is 10.1. The van der Waals surface area contributed by atoms with Crippen molar-refractivity contribution in [3.05, 3.63) is 48.2 Å². The van der Waals surface area contributed by atoms with E-state index in [-0.39, 0.29) is 6.42 Å². The van der Waals surface area contributed by atoms with Gasteiger partial charge >= 0.3 is 5.97 Å². The Kier molecular flexibility index (Phi) is 4.39. The number of hydrogen-bond donors (Lipinski definition) is 1. The number of benzene rings is 1. The lowest BCUT2D eigenvalue weighted by Crippen LogP contribution is -2.00. The number of rotatable bonds is 6. The smallest absolute Gasteiger partial charge is 0.307 e. The Morgan fingerprint density at radius 2 is 2.00 bits per heavy atom. The summed E-state index contributed by atoms with van der Waals surface area (Å²) in [5, 5.41) is 8.90. The average molecular weight is 257 g/mol. The first kappa shape index (κ1) is 13.4. The van der Waals surface area contributed by atoms with Gasteiger partial charge in [0, 0.05) is 18.4 Å². The zero-order valence-electron chi connectivity index (χ0n) is 11.2. The van der Waals surface area contributed by atoms with Crippen molar-refractivity contribution in [1.82, 2.24) is 4.57 Å². The van der Waals surface area contributed by atoms with Crippen LogP contribution in [-0.4, -0.2) is 15.6 Å². The molecule has 0 atom stereocenters. The summed E-state index contributed by atoms with van der Waals surface area (Å²) in [5.74, 6) is -0.785. The minimum Gasteiger partial charge on any atom is -0.481 e. The van der Waals surface area contributed by atoms with E-state index in [0.29, 0.717) is 0 Å². The Labute approximate surface area is 113 Å². The monoisotopic (exact) mass is 257 g/mol. The van der Waals surface area contributed by atoms with Crippen LogP contribution in [0.1, 0.15) is 25.3 Å². The van der Waals surface area contributed by atoms with Crippen LogP contribution < -0.4 is 0 Å². The van der Waals surface area contributed by atoms with E-state index in [1.54, 1.807) is 0 Å². The Bertz CT molecular complexity index is 543. The second-order valence-corrected chi connectivity index (χ2v) is 4.72. The molecule has 3 nitrogen and oxygen atoms in total. The standard InChI is InChI=1S/C16H19NO2/c1-2-3-9-17-12-13(11-16(18)19)10-15(17)14-7-5-4-6-8-14/h4-8,10,12H,2-3,9,11H2,1H3,(H,18,19). The molecule has 1 heterocycles. The van der Waals surface area contributed by atoms with Crippen LogP contribution in [0.25, 0.3) is 11.3 Å². The van der Waals surface area contributed by atoms with Gasteiger partial charge in [0.1, 0.15) is 0 Å². The molecule has 0 radical (unpaired) electrons. The second kappa shape index (κ2) is 6.23. The van der Waals surface area contributed by atoms with E-state index in [2.05, 4.69) is 23.6 Å². The van der Waals surface area contributed by atoms with Crippen LogP contribution in [0.3, 0.4) is 0 Å². The van der Waals surface area contributed by atoms with Crippen LogP contribution in [-0.2, 0) is 17.8 Å². The van der Waals surface area contributed by atoms with Crippen molar-refractivity contribution in [3.8, 4) is 11.3 Å². The third-order valence-corrected chi connectivity index (χ3v) is 3.13. The second-order valence-electron chi connectivity index (χ2n) is 4.72. The maximum Gasteiger partial charge on any atom is 0.307 e. The molecule has 0 amide bonds. The van der Waals surface area contributed by atoms with Gasteiger partial charge in [-0.15, -0.1) is 0 Å². The maximum absolute atomic E-state index is 10.8. The zero-order valence-corrected chi connectivity index (χ0v) is 11.2. The molecule has 0 aliphatic heterocycles. The molecule has 19 heavy (non-hydrogen) atoms. The highest BCUT2D eigenvalue weighted by Gasteiger charge is 2.10. The number of hydrogen-bond acceptors (Lipinski definition) is 1. The van der Waals surface area contributed by atoms with Gasteiger partial charge < -0.3 is 9.67 Å². The number of nitrogens with zero attached hydrogens (tertiary/aromatic N) is 1. The van der Waals surface area contributed by atoms with Gasteiger partial charge in [-0.1, -0.05) is 43.7 Å². The van der Waals surface area contributed by atoms with Crippen LogP contribution in [0.2, 0.25) is 0 Å². The van der Waals surface area contributed by atoms with Gasteiger partial charge in [-0.05, 0) is 23.6 Å². The fourth-order valence-corrected chi connectivity index (χ4v) is 2.21. The van der Waals surface area contributed by atoms with E-state index in [0.717, 1.165) is 36.2 Å². The number of carbonyl (C=O) groups is 1. The summed E-state index contributed by atoms with van der Waals surface area (Å²) in [6.07, 6.45) is 4.27. The number of aromatic nitrogens is 1. The molecule has 0 bridgehead atoms. The first-order chi connectivity index (χ1) is 9.20. The van der Waals surface area contributed by atoms with Crippen LogP contribution in [0.15, 0.2) is 42.6 Å². The summed E-state index contributed by atoms with van der Waals surface area (Å²) in [6.45, 7) is 3.09. The van der Waals surface area contributed by atoms with Crippen molar-refractivity contribution >= 4 is 5.97 Å². The van der Waals surface area contributed by atoms with Crippen molar-refractivity contribution in [1.29, 1.82) is 0 Å². The Morgan fingerprint density at radius 1 is 1.26 bits per heavy atom. The first-order valence-electron chi connectivity index (χ1n) is 6.67. The molecule has 0 fully saturated rings. The fraction of sp³-hybridized carbons (Fsp3) is 0.312. The third-order valence-electron chi connectivity index (χ3n) is 3.13. The molecular formula is C16H19NO2. The molecule has 0 aliphatic rings. The fourth-order valence-electron chi connectivity index (χ4n) is 2.21. The lowest BCUT2D eigenvalue weighted by Gasteiger charge is -2.08. The van der Waals surface area contributed by atoms with Crippen molar-refractivity contribution in [2.24, 2.45) is 0 Å². The average Bonchev–Trinajstić information content (AvgIpc) is 2.79. The molecule has 0 spiro atoms. The number of aliphatic carboxylic acids is 1. The Hall–Kier alpha value is -2.03. The van der Waals surface area contributed by atoms with Gasteiger partial charge in [-0.3, -0.25) is 4.79 Å². The van der Waals surface area contributed by atoms with E-state index >= 15 is 0 Å². The summed E-state index contributed by atoms with van der Waals surface area (Å²) in [7, 11) is 0. The molecule has 1 N–H and O–H groups in total. The molecular weight excluding hydrogens is 238 g/mol. The molecule has 2 rings (SSSR count). The summed E-state index contributed by atoms with van der Waals surface area (Å²) < 4.78 is 2.16. The Morgan fingerprint density at radius 3 is 2.63 bits per heavy atom. The molecule has 3 heteroatoms. The van der Waals surface area contributed by atoms with E-state index in [9.17, 15) is 4.79 Å². The van der Waals surface area contributed by atoms with E-state index in [1.165, 1.54) is 0 Å². The number of carboxylic acids is 1. The minimum atomic E-state index is -0.785. The predicted octanol–water partition coefficient (Wildman–Crippen LogP) is 3.58. The number of unbranched alkanes of at least 4 members (excludes halogenated alkanes) is 1. The predicted molar refractivity (Wildman–Crippen MR) is 76.1 cm³/mol. The van der Waals surface area contributed by atoms with Crippen LogP contribution in [0.5, 0.6) is 0 Å². The van der Waals surface area contributed by atoms with Gasteiger partial charge in [0.15, 0.2) is 0 Å². The van der Waals surface area contributed by atoms with Crippen LogP contribution >= 0.6 is 0 Å². The number of carboxylic acid groups (broad SMARTS) is 1. The first-order valence-corrected chi connectivity index (χ1v) is 6.67. The van der Waals surface area contributed by atoms with Crippen LogP contribution in [0.4, 0.5) is 0 Å². The largest absolute Gasteiger partial charge is 0.481 e. The van der Waals surface area contributed by atoms with E-state index in [4.69, 9.17) is 5.11 Å². The highest BCUT2D eigenvalue weighted by atomic mass is 16.4. The molecule has 0 aliphatic carbocycles. The third kappa shape index (κ3) is 3.47. The van der Waals surface area contributed by atoms with Gasteiger partial charge in [0.05, 0.1) is 6.42 Å². The minimum absolute atomic E-state index is 0.0823. The van der Waals surface area contributed by atoms with Gasteiger partial charge in [-0.2, -0.15) is 0 Å². The van der Waals surface area contributed by atoms with Crippen molar-refractivity contribution in [2.45, 2.75) is 32.7 Å². The molecule has 1 aromatic carbocycles. The normalized spacial score (nSPS) is 10.6. The topological polar surface area (TPSA) is 42.2 Å². The van der Waals surface area contributed by atoms with Gasteiger partial charge in [0.25, 0.3) is 0 Å². The molecule has 1 aromatic heterocycles. The summed E-state index contributed by atoms with van der Waals surface area (Å²) >= 11 is 0. The van der Waals surface area contributed by atoms with E-state index < -0.39 is 5.97 Å². The summed E-state index contributed by atoms with van der Waals surface area (Å²) in [5.41, 5.74) is 3.10. The van der Waals surface area contributed by atoms with Crippen molar-refractivity contribution in [2.75, 3.05) is 0 Å². The lowest BCUT2D eigenvalue weighted by molar-refractivity contribution is -0.136. The number of aryl methyl sites for hydroxylation is 1. The van der Waals surface area contributed by atoms with Crippen molar-refractivity contribution in [3.63, 3.8) is 0 Å². The molecule has 0 saturated carbocycles. The van der Waals surface area contributed by atoms with E-state index in [1.807, 2.05) is 30.5 Å². The highest BCUT2D eigenvalue weighted by molar-refractivity contribution is 5.71. The summed E-state index contributed by atoms with van der Waals surface area (Å²) in [6, 6.07) is 12.1. The Balaban J connectivity index is 2.33. The maximum atomic E-state index is 10.8. The summed E-state index contributed by atoms with van der Waals surface area (Å²) in [4.78, 5) is 10.8. The zero-order chi connectivity index (χ0) is 13.7. The quantitative estimate of drug-likeness (QED) is 0.859. The highest BCUT2D eigenvalue weighted by Crippen LogP contribution is 2.23. The van der Waals surface area contributed by atoms with Crippen molar-refractivity contribution < 1.29 is 9.90 Å². The SMILES string of the molecule is CCCCn1cc(CC(=O)O)cc1-c1ccccc1. The molecule has 0 saturated heterocycles. The molecule has 0 unspecified atom stereocenters. The molecule has 100 valence electrons. The van der Waals surface area contributed by atoms with Gasteiger partial charge in [-0.25, -0.2) is 0 Å².